The lowest BCUT2D eigenvalue weighted by Gasteiger charge is -2.30. The molecular weight excluding hydrogens is 348 g/mol. The van der Waals surface area contributed by atoms with Gasteiger partial charge in [0.05, 0.1) is 25.9 Å². The molecule has 3 heterocycles. The normalized spacial score (nSPS) is 24.2. The van der Waals surface area contributed by atoms with Gasteiger partial charge in [-0.25, -0.2) is 4.98 Å². The molecule has 144 valence electrons. The molecule has 3 aliphatic rings. The van der Waals surface area contributed by atoms with Crippen molar-refractivity contribution < 1.29 is 4.74 Å². The van der Waals surface area contributed by atoms with Gasteiger partial charge in [-0.05, 0) is 24.1 Å². The molecule has 5 rings (SSSR count). The number of ether oxygens (including phenoxy) is 1. The Kier molecular flexibility index (Phi) is 4.63. The summed E-state index contributed by atoms with van der Waals surface area (Å²) in [5, 5.41) is 7.19. The molecule has 0 spiro atoms. The van der Waals surface area contributed by atoms with Crippen LogP contribution in [-0.4, -0.2) is 44.0 Å². The Bertz CT molecular complexity index is 915. The van der Waals surface area contributed by atoms with Gasteiger partial charge in [0.15, 0.2) is 0 Å². The summed E-state index contributed by atoms with van der Waals surface area (Å²) in [7, 11) is 0. The van der Waals surface area contributed by atoms with E-state index in [1.54, 1.807) is 0 Å². The Hall–Kier alpha value is -2.63. The number of hydrogen-bond donors (Lipinski definition) is 2. The molecule has 1 aromatic heterocycles. The number of nitrogens with one attached hydrogen (secondary N) is 2. The van der Waals surface area contributed by atoms with Gasteiger partial charge >= 0.3 is 0 Å². The predicted molar refractivity (Wildman–Crippen MR) is 112 cm³/mol. The molecule has 5 heteroatoms. The van der Waals surface area contributed by atoms with Crippen molar-refractivity contribution in [3.63, 3.8) is 0 Å². The summed E-state index contributed by atoms with van der Waals surface area (Å²) in [6.07, 6.45) is 6.60. The van der Waals surface area contributed by atoms with Crippen molar-refractivity contribution >= 4 is 11.4 Å². The number of benzene rings is 1. The molecule has 2 unspecified atom stereocenters. The summed E-state index contributed by atoms with van der Waals surface area (Å²) in [6.45, 7) is 6.33. The molecule has 0 bridgehead atoms. The molecular formula is C23H26N4O. The summed E-state index contributed by atoms with van der Waals surface area (Å²) in [5.74, 6) is 1.42. The van der Waals surface area contributed by atoms with Crippen molar-refractivity contribution in [2.75, 3.05) is 37.9 Å². The first kappa shape index (κ1) is 17.5. The minimum absolute atomic E-state index is 0.279. The summed E-state index contributed by atoms with van der Waals surface area (Å²) >= 11 is 0. The average Bonchev–Trinajstić information content (AvgIpc) is 3.24. The van der Waals surface area contributed by atoms with Crippen LogP contribution in [0.4, 0.5) is 5.82 Å². The lowest BCUT2D eigenvalue weighted by Crippen LogP contribution is -2.37. The second kappa shape index (κ2) is 7.41. The molecule has 28 heavy (non-hydrogen) atoms. The van der Waals surface area contributed by atoms with Crippen LogP contribution >= 0.6 is 0 Å². The molecule has 0 saturated carbocycles. The smallest absolute Gasteiger partial charge is 0.131 e. The van der Waals surface area contributed by atoms with Crippen LogP contribution in [0.25, 0.3) is 5.57 Å². The largest absolute Gasteiger partial charge is 0.378 e. The van der Waals surface area contributed by atoms with Crippen LogP contribution in [-0.2, 0) is 4.74 Å². The molecule has 1 aromatic carbocycles. The summed E-state index contributed by atoms with van der Waals surface area (Å²) in [4.78, 5) is 7.14. The fraction of sp³-hybridized carbons (Fsp3) is 0.348. The molecule has 2 atom stereocenters. The highest BCUT2D eigenvalue weighted by molar-refractivity contribution is 5.80. The van der Waals surface area contributed by atoms with Gasteiger partial charge < -0.3 is 15.0 Å². The number of rotatable bonds is 3. The molecule has 2 aliphatic heterocycles. The number of allylic oxidation sites excluding steroid dienone is 2. The van der Waals surface area contributed by atoms with Crippen LogP contribution in [0.5, 0.6) is 0 Å². The third kappa shape index (κ3) is 3.11. The van der Waals surface area contributed by atoms with Crippen LogP contribution in [0.3, 0.4) is 0 Å². The fourth-order valence-electron chi connectivity index (χ4n) is 4.49. The molecule has 2 saturated heterocycles. The summed E-state index contributed by atoms with van der Waals surface area (Å²) in [6, 6.07) is 13.3. The van der Waals surface area contributed by atoms with E-state index in [9.17, 15) is 0 Å². The molecule has 1 aliphatic carbocycles. The van der Waals surface area contributed by atoms with Gasteiger partial charge in [-0.2, -0.15) is 0 Å². The maximum absolute atomic E-state index is 5.47. The van der Waals surface area contributed by atoms with Crippen LogP contribution in [0.1, 0.15) is 22.6 Å². The molecule has 2 fully saturated rings. The zero-order valence-corrected chi connectivity index (χ0v) is 16.2. The standard InChI is InChI=1S/C23H26N4O/c1-16-13-18(14-24-23(16)27-9-11-28-12-10-27)20-8-7-19(17-5-3-2-4-6-17)21-22(20)26-15-25-21/h2-8,13-14,19,21,25-26H,9-12,15H2,1H3. The van der Waals surface area contributed by atoms with Crippen LogP contribution in [0, 0.1) is 6.92 Å². The Morgan fingerprint density at radius 1 is 1.14 bits per heavy atom. The number of pyridine rings is 1. The van der Waals surface area contributed by atoms with Gasteiger partial charge in [0.2, 0.25) is 0 Å². The summed E-state index contributed by atoms with van der Waals surface area (Å²) < 4.78 is 5.47. The van der Waals surface area contributed by atoms with Gasteiger partial charge in [0, 0.05) is 42.0 Å². The predicted octanol–water partition coefficient (Wildman–Crippen LogP) is 2.81. The van der Waals surface area contributed by atoms with E-state index in [1.807, 2.05) is 6.20 Å². The van der Waals surface area contributed by atoms with Crippen molar-refractivity contribution in [3.05, 3.63) is 77.1 Å². The number of aromatic nitrogens is 1. The highest BCUT2D eigenvalue weighted by Crippen LogP contribution is 2.36. The van der Waals surface area contributed by atoms with E-state index in [0.29, 0.717) is 5.92 Å². The number of hydrogen-bond acceptors (Lipinski definition) is 5. The SMILES string of the molecule is Cc1cc(C2=C3NCNC3C(c3ccccc3)C=C2)cnc1N1CCOCC1. The van der Waals surface area contributed by atoms with Crippen LogP contribution < -0.4 is 15.5 Å². The van der Waals surface area contributed by atoms with E-state index in [0.717, 1.165) is 38.8 Å². The minimum Gasteiger partial charge on any atom is -0.378 e. The van der Waals surface area contributed by atoms with Crippen LogP contribution in [0.15, 0.2) is 60.4 Å². The Morgan fingerprint density at radius 3 is 2.75 bits per heavy atom. The number of fused-ring (bicyclic) bond motifs is 1. The van der Waals surface area contributed by atoms with Crippen molar-refractivity contribution in [2.24, 2.45) is 0 Å². The molecule has 2 N–H and O–H groups in total. The van der Waals surface area contributed by atoms with Crippen molar-refractivity contribution in [2.45, 2.75) is 18.9 Å². The van der Waals surface area contributed by atoms with E-state index in [-0.39, 0.29) is 6.04 Å². The molecule has 2 aromatic rings. The third-order valence-corrected chi connectivity index (χ3v) is 5.89. The zero-order valence-electron chi connectivity index (χ0n) is 16.2. The van der Waals surface area contributed by atoms with Gasteiger partial charge in [-0.3, -0.25) is 5.32 Å². The van der Waals surface area contributed by atoms with Gasteiger partial charge in [0.25, 0.3) is 0 Å². The lowest BCUT2D eigenvalue weighted by atomic mass is 9.83. The number of nitrogens with zero attached hydrogens (tertiary/aromatic N) is 2. The first-order valence-corrected chi connectivity index (χ1v) is 10.1. The Balaban J connectivity index is 1.46. The van der Waals surface area contributed by atoms with E-state index in [2.05, 4.69) is 71.0 Å². The fourth-order valence-corrected chi connectivity index (χ4v) is 4.49. The topological polar surface area (TPSA) is 49.4 Å². The second-order valence-electron chi connectivity index (χ2n) is 7.62. The third-order valence-electron chi connectivity index (χ3n) is 5.89. The minimum atomic E-state index is 0.279. The zero-order chi connectivity index (χ0) is 18.9. The quantitative estimate of drug-likeness (QED) is 0.865. The van der Waals surface area contributed by atoms with Crippen molar-refractivity contribution in [1.29, 1.82) is 0 Å². The van der Waals surface area contributed by atoms with Crippen molar-refractivity contribution in [3.8, 4) is 0 Å². The van der Waals surface area contributed by atoms with E-state index in [4.69, 9.17) is 9.72 Å². The number of morpholine rings is 1. The first-order valence-electron chi connectivity index (χ1n) is 10.1. The maximum atomic E-state index is 5.47. The second-order valence-corrected chi connectivity index (χ2v) is 7.62. The Labute approximate surface area is 166 Å². The van der Waals surface area contributed by atoms with E-state index in [1.165, 1.54) is 28.0 Å². The number of anilines is 1. The molecule has 0 radical (unpaired) electrons. The highest BCUT2D eigenvalue weighted by atomic mass is 16.5. The van der Waals surface area contributed by atoms with E-state index < -0.39 is 0 Å². The highest BCUT2D eigenvalue weighted by Gasteiger charge is 2.33. The molecule has 0 amide bonds. The lowest BCUT2D eigenvalue weighted by molar-refractivity contribution is 0.122. The first-order chi connectivity index (χ1) is 13.8. The summed E-state index contributed by atoms with van der Waals surface area (Å²) in [5.41, 5.74) is 6.25. The van der Waals surface area contributed by atoms with Gasteiger partial charge in [0.1, 0.15) is 5.82 Å². The molecule has 5 nitrogen and oxygen atoms in total. The Morgan fingerprint density at radius 2 is 1.96 bits per heavy atom. The van der Waals surface area contributed by atoms with Crippen LogP contribution in [0.2, 0.25) is 0 Å². The monoisotopic (exact) mass is 374 g/mol. The van der Waals surface area contributed by atoms with E-state index >= 15 is 0 Å². The van der Waals surface area contributed by atoms with Gasteiger partial charge in [-0.15, -0.1) is 0 Å². The maximum Gasteiger partial charge on any atom is 0.131 e. The van der Waals surface area contributed by atoms with Crippen molar-refractivity contribution in [1.82, 2.24) is 15.6 Å². The number of aryl methyl sites for hydroxylation is 1. The average molecular weight is 374 g/mol. The van der Waals surface area contributed by atoms with Gasteiger partial charge in [-0.1, -0.05) is 42.5 Å².